The molecule has 1 aliphatic rings. The van der Waals surface area contributed by atoms with Gasteiger partial charge in [0.2, 0.25) is 0 Å². The smallest absolute Gasteiger partial charge is 0.159 e. The lowest BCUT2D eigenvalue weighted by Crippen LogP contribution is -2.49. The van der Waals surface area contributed by atoms with E-state index in [1.165, 1.54) is 6.92 Å². The lowest BCUT2D eigenvalue weighted by atomic mass is 10.1. The minimum atomic E-state index is -0.549. The molecular formula is C17H26N2O4. The molecule has 1 fully saturated rings. The molecule has 6 nitrogen and oxygen atoms in total. The number of Topliss-reactive ketones (excluding diaryl/α,β-unsaturated/α-hetero) is 1. The number of aliphatic hydroxyl groups excluding tert-OH is 2. The first-order valence-corrected chi connectivity index (χ1v) is 8.06. The van der Waals surface area contributed by atoms with Crippen LogP contribution in [0.25, 0.3) is 0 Å². The highest BCUT2D eigenvalue weighted by molar-refractivity contribution is 5.94. The second-order valence-electron chi connectivity index (χ2n) is 5.91. The highest BCUT2D eigenvalue weighted by Crippen LogP contribution is 2.13. The van der Waals surface area contributed by atoms with Crippen molar-refractivity contribution in [2.75, 3.05) is 52.5 Å². The van der Waals surface area contributed by atoms with Crippen LogP contribution in [0.4, 0.5) is 0 Å². The predicted octanol–water partition coefficient (Wildman–Crippen LogP) is 0.239. The first-order valence-electron chi connectivity index (χ1n) is 8.06. The molecule has 0 spiro atoms. The third-order valence-corrected chi connectivity index (χ3v) is 4.05. The number of rotatable bonds is 8. The van der Waals surface area contributed by atoms with Gasteiger partial charge in [-0.3, -0.25) is 14.6 Å². The van der Waals surface area contributed by atoms with Gasteiger partial charge in [0.1, 0.15) is 18.5 Å². The zero-order valence-electron chi connectivity index (χ0n) is 13.6. The van der Waals surface area contributed by atoms with Crippen molar-refractivity contribution in [2.45, 2.75) is 13.0 Å². The fourth-order valence-electron chi connectivity index (χ4n) is 2.67. The Morgan fingerprint density at radius 2 is 1.78 bits per heavy atom. The molecule has 0 saturated carbocycles. The molecule has 0 bridgehead atoms. The minimum Gasteiger partial charge on any atom is -0.491 e. The average molecular weight is 322 g/mol. The number of ketones is 1. The molecule has 0 radical (unpaired) electrons. The Morgan fingerprint density at radius 3 is 2.35 bits per heavy atom. The van der Waals surface area contributed by atoms with Crippen LogP contribution in [0.3, 0.4) is 0 Å². The monoisotopic (exact) mass is 322 g/mol. The molecule has 6 heteroatoms. The van der Waals surface area contributed by atoms with Crippen LogP contribution in [0.1, 0.15) is 17.3 Å². The Labute approximate surface area is 137 Å². The largest absolute Gasteiger partial charge is 0.491 e. The molecule has 1 aromatic rings. The summed E-state index contributed by atoms with van der Waals surface area (Å²) in [5, 5.41) is 19.0. The fraction of sp³-hybridized carbons (Fsp3) is 0.588. The highest BCUT2D eigenvalue weighted by atomic mass is 16.5. The molecule has 0 amide bonds. The molecular weight excluding hydrogens is 296 g/mol. The second kappa shape index (κ2) is 8.98. The summed E-state index contributed by atoms with van der Waals surface area (Å²) in [7, 11) is 0. The topological polar surface area (TPSA) is 73.2 Å². The van der Waals surface area contributed by atoms with Gasteiger partial charge in [-0.1, -0.05) is 0 Å². The predicted molar refractivity (Wildman–Crippen MR) is 87.9 cm³/mol. The molecule has 128 valence electrons. The molecule has 23 heavy (non-hydrogen) atoms. The molecule has 1 aromatic carbocycles. The summed E-state index contributed by atoms with van der Waals surface area (Å²) in [4.78, 5) is 15.6. The van der Waals surface area contributed by atoms with Crippen molar-refractivity contribution in [1.29, 1.82) is 0 Å². The van der Waals surface area contributed by atoms with Gasteiger partial charge in [0.25, 0.3) is 0 Å². The van der Waals surface area contributed by atoms with Crippen molar-refractivity contribution in [2.24, 2.45) is 0 Å². The van der Waals surface area contributed by atoms with Crippen molar-refractivity contribution < 1.29 is 19.7 Å². The third kappa shape index (κ3) is 5.91. The number of aliphatic hydroxyl groups is 2. The molecule has 2 rings (SSSR count). The fourth-order valence-corrected chi connectivity index (χ4v) is 2.67. The molecule has 0 aromatic heterocycles. The molecule has 0 unspecified atom stereocenters. The van der Waals surface area contributed by atoms with Crippen LogP contribution in [0.15, 0.2) is 24.3 Å². The number of ether oxygens (including phenoxy) is 1. The number of benzene rings is 1. The van der Waals surface area contributed by atoms with Crippen LogP contribution in [0.2, 0.25) is 0 Å². The molecule has 1 aliphatic heterocycles. The highest BCUT2D eigenvalue weighted by Gasteiger charge is 2.19. The summed E-state index contributed by atoms with van der Waals surface area (Å²) in [5.41, 5.74) is 0.652. The first-order chi connectivity index (χ1) is 11.1. The average Bonchev–Trinajstić information content (AvgIpc) is 2.55. The maximum atomic E-state index is 11.2. The quantitative estimate of drug-likeness (QED) is 0.668. The number of piperazine rings is 1. The SMILES string of the molecule is CC(=O)c1ccc(OC[C@H](O)CN2CCN(CCO)CC2)cc1. The Kier molecular flexibility index (Phi) is 6.98. The standard InChI is InChI=1S/C17H26N2O4/c1-14(21)15-2-4-17(5-3-15)23-13-16(22)12-19-8-6-18(7-9-19)10-11-20/h2-5,16,20,22H,6-13H2,1H3/t16-/m1/s1. The molecule has 0 aliphatic carbocycles. The van der Waals surface area contributed by atoms with Gasteiger partial charge in [-0.15, -0.1) is 0 Å². The molecule has 1 atom stereocenters. The van der Waals surface area contributed by atoms with Gasteiger partial charge in [0, 0.05) is 44.8 Å². The van der Waals surface area contributed by atoms with Crippen LogP contribution in [0.5, 0.6) is 5.75 Å². The maximum absolute atomic E-state index is 11.2. The maximum Gasteiger partial charge on any atom is 0.159 e. The van der Waals surface area contributed by atoms with E-state index in [1.54, 1.807) is 24.3 Å². The van der Waals surface area contributed by atoms with Crippen LogP contribution in [0, 0.1) is 0 Å². The normalized spacial score (nSPS) is 17.9. The lowest BCUT2D eigenvalue weighted by molar-refractivity contribution is 0.0428. The number of β-amino-alcohol motifs (C(OH)–C–C–N with tert-alkyl or cyclic N) is 2. The van der Waals surface area contributed by atoms with Gasteiger partial charge in [-0.05, 0) is 31.2 Å². The third-order valence-electron chi connectivity index (χ3n) is 4.05. The van der Waals surface area contributed by atoms with Gasteiger partial charge < -0.3 is 14.9 Å². The summed E-state index contributed by atoms with van der Waals surface area (Å²) in [5.74, 6) is 0.679. The summed E-state index contributed by atoms with van der Waals surface area (Å²) in [6.45, 7) is 6.87. The number of nitrogens with zero attached hydrogens (tertiary/aromatic N) is 2. The first kappa shape index (κ1) is 17.9. The Hall–Kier alpha value is -1.47. The van der Waals surface area contributed by atoms with E-state index in [2.05, 4.69) is 9.80 Å². The zero-order chi connectivity index (χ0) is 16.7. The summed E-state index contributed by atoms with van der Waals surface area (Å²) in [6.07, 6.45) is -0.549. The minimum absolute atomic E-state index is 0.0249. The van der Waals surface area contributed by atoms with E-state index in [1.807, 2.05) is 0 Å². The Morgan fingerprint density at radius 1 is 1.17 bits per heavy atom. The second-order valence-corrected chi connectivity index (χ2v) is 5.91. The van der Waals surface area contributed by atoms with E-state index in [-0.39, 0.29) is 19.0 Å². The number of hydrogen-bond donors (Lipinski definition) is 2. The summed E-state index contributed by atoms with van der Waals surface area (Å²) < 4.78 is 5.57. The van der Waals surface area contributed by atoms with E-state index in [0.717, 1.165) is 32.7 Å². The van der Waals surface area contributed by atoms with Gasteiger partial charge in [-0.25, -0.2) is 0 Å². The van der Waals surface area contributed by atoms with E-state index >= 15 is 0 Å². The molecule has 1 heterocycles. The van der Waals surface area contributed by atoms with Gasteiger partial charge in [0.05, 0.1) is 6.61 Å². The van der Waals surface area contributed by atoms with Gasteiger partial charge in [-0.2, -0.15) is 0 Å². The summed E-state index contributed by atoms with van der Waals surface area (Å²) in [6, 6.07) is 6.95. The van der Waals surface area contributed by atoms with Crippen molar-refractivity contribution in [1.82, 2.24) is 9.80 Å². The molecule has 1 saturated heterocycles. The lowest BCUT2D eigenvalue weighted by Gasteiger charge is -2.35. The van der Waals surface area contributed by atoms with Gasteiger partial charge >= 0.3 is 0 Å². The molecule has 2 N–H and O–H groups in total. The van der Waals surface area contributed by atoms with E-state index < -0.39 is 6.10 Å². The Balaban J connectivity index is 1.69. The van der Waals surface area contributed by atoms with Gasteiger partial charge in [0.15, 0.2) is 5.78 Å². The van der Waals surface area contributed by atoms with Crippen LogP contribution < -0.4 is 4.74 Å². The van der Waals surface area contributed by atoms with Crippen molar-refractivity contribution >= 4 is 5.78 Å². The number of hydrogen-bond acceptors (Lipinski definition) is 6. The Bertz CT molecular complexity index is 484. The zero-order valence-corrected chi connectivity index (χ0v) is 13.6. The van der Waals surface area contributed by atoms with Crippen LogP contribution >= 0.6 is 0 Å². The van der Waals surface area contributed by atoms with Crippen molar-refractivity contribution in [3.8, 4) is 5.75 Å². The number of carbonyl (C=O) groups is 1. The van der Waals surface area contributed by atoms with Crippen molar-refractivity contribution in [3.05, 3.63) is 29.8 Å². The van der Waals surface area contributed by atoms with E-state index in [4.69, 9.17) is 9.84 Å². The van der Waals surface area contributed by atoms with E-state index in [9.17, 15) is 9.90 Å². The summed E-state index contributed by atoms with van der Waals surface area (Å²) >= 11 is 0. The van der Waals surface area contributed by atoms with Crippen molar-refractivity contribution in [3.63, 3.8) is 0 Å². The van der Waals surface area contributed by atoms with Crippen LogP contribution in [-0.4, -0.2) is 84.4 Å². The number of carbonyl (C=O) groups excluding carboxylic acids is 1. The van der Waals surface area contributed by atoms with Crippen LogP contribution in [-0.2, 0) is 0 Å². The van der Waals surface area contributed by atoms with E-state index in [0.29, 0.717) is 17.9 Å².